The third kappa shape index (κ3) is 4.32. The Morgan fingerprint density at radius 3 is 2.78 bits per heavy atom. The SMILES string of the molecule is COCCN1C(=O)C(=Cc2nc(C#N)c(N3CC(C)OC(C)C3)o2)SC1=S. The van der Waals surface area contributed by atoms with Gasteiger partial charge < -0.3 is 18.8 Å². The number of amides is 1. The standard InChI is InChI=1S/C17H20N4O4S2/c1-10-8-20(9-11(2)24-10)16-12(7-18)19-14(25-16)6-13-15(22)21(4-5-23-3)17(26)27-13/h6,10-11H,4-5,8-9H2,1-3H3. The molecule has 2 unspecified atom stereocenters. The summed E-state index contributed by atoms with van der Waals surface area (Å²) in [6.45, 7) is 5.94. The molecule has 3 rings (SSSR count). The maximum absolute atomic E-state index is 12.5. The third-order valence-corrected chi connectivity index (χ3v) is 5.46. The van der Waals surface area contributed by atoms with Gasteiger partial charge in [-0.15, -0.1) is 0 Å². The van der Waals surface area contributed by atoms with Crippen molar-refractivity contribution in [2.75, 3.05) is 38.3 Å². The molecule has 144 valence electrons. The van der Waals surface area contributed by atoms with Crippen LogP contribution in [0.4, 0.5) is 5.88 Å². The Hall–Kier alpha value is -1.93. The van der Waals surface area contributed by atoms with Gasteiger partial charge in [0.25, 0.3) is 5.91 Å². The maximum Gasteiger partial charge on any atom is 0.266 e. The van der Waals surface area contributed by atoms with E-state index in [0.29, 0.717) is 41.4 Å². The van der Waals surface area contributed by atoms with Gasteiger partial charge in [0, 0.05) is 26.3 Å². The lowest BCUT2D eigenvalue weighted by Crippen LogP contribution is -2.45. The quantitative estimate of drug-likeness (QED) is 0.536. The predicted octanol–water partition coefficient (Wildman–Crippen LogP) is 2.01. The first-order chi connectivity index (χ1) is 12.9. The maximum atomic E-state index is 12.5. The normalized spacial score (nSPS) is 24.7. The molecule has 2 fully saturated rings. The third-order valence-electron chi connectivity index (χ3n) is 4.09. The molecule has 1 amide bonds. The van der Waals surface area contributed by atoms with Crippen molar-refractivity contribution in [1.29, 1.82) is 5.26 Å². The molecule has 1 aromatic heterocycles. The minimum atomic E-state index is -0.214. The lowest BCUT2D eigenvalue weighted by atomic mass is 10.2. The predicted molar refractivity (Wildman–Crippen MR) is 105 cm³/mol. The minimum Gasteiger partial charge on any atom is -0.420 e. The van der Waals surface area contributed by atoms with E-state index in [1.165, 1.54) is 22.7 Å². The summed E-state index contributed by atoms with van der Waals surface area (Å²) in [7, 11) is 1.57. The molecule has 0 saturated carbocycles. The molecule has 3 heterocycles. The number of nitrogens with zero attached hydrogens (tertiary/aromatic N) is 4. The van der Waals surface area contributed by atoms with E-state index in [1.54, 1.807) is 7.11 Å². The molecule has 2 aliphatic heterocycles. The number of hydrogen-bond acceptors (Lipinski definition) is 9. The highest BCUT2D eigenvalue weighted by molar-refractivity contribution is 8.26. The van der Waals surface area contributed by atoms with Gasteiger partial charge in [0.15, 0.2) is 0 Å². The molecular formula is C17H20N4O4S2. The van der Waals surface area contributed by atoms with E-state index in [-0.39, 0.29) is 29.7 Å². The van der Waals surface area contributed by atoms with Crippen molar-refractivity contribution in [3.05, 3.63) is 16.5 Å². The molecule has 8 nitrogen and oxygen atoms in total. The first-order valence-corrected chi connectivity index (χ1v) is 9.71. The first-order valence-electron chi connectivity index (χ1n) is 8.48. The van der Waals surface area contributed by atoms with Gasteiger partial charge in [-0.1, -0.05) is 24.0 Å². The fourth-order valence-corrected chi connectivity index (χ4v) is 4.28. The number of oxazole rings is 1. The van der Waals surface area contributed by atoms with E-state index in [4.69, 9.17) is 26.1 Å². The van der Waals surface area contributed by atoms with Gasteiger partial charge in [0.05, 0.1) is 30.3 Å². The summed E-state index contributed by atoms with van der Waals surface area (Å²) in [6, 6.07) is 2.06. The van der Waals surface area contributed by atoms with Crippen molar-refractivity contribution in [3.8, 4) is 6.07 Å². The van der Waals surface area contributed by atoms with Crippen LogP contribution in [0.5, 0.6) is 0 Å². The number of ether oxygens (including phenoxy) is 2. The van der Waals surface area contributed by atoms with Gasteiger partial charge in [-0.25, -0.2) is 0 Å². The summed E-state index contributed by atoms with van der Waals surface area (Å²) in [5, 5.41) is 9.42. The topological polar surface area (TPSA) is 91.8 Å². The summed E-state index contributed by atoms with van der Waals surface area (Å²) in [5.74, 6) is 0.398. The molecular weight excluding hydrogens is 388 g/mol. The monoisotopic (exact) mass is 408 g/mol. The number of carbonyl (C=O) groups is 1. The molecule has 0 spiro atoms. The van der Waals surface area contributed by atoms with Crippen LogP contribution in [-0.2, 0) is 14.3 Å². The van der Waals surface area contributed by atoms with E-state index in [2.05, 4.69) is 11.1 Å². The van der Waals surface area contributed by atoms with Crippen LogP contribution in [0, 0.1) is 11.3 Å². The summed E-state index contributed by atoms with van der Waals surface area (Å²) in [5.41, 5.74) is 0.192. The lowest BCUT2D eigenvalue weighted by molar-refractivity contribution is -0.122. The van der Waals surface area contributed by atoms with E-state index in [1.807, 2.05) is 18.7 Å². The largest absolute Gasteiger partial charge is 0.420 e. The molecule has 0 radical (unpaired) electrons. The summed E-state index contributed by atoms with van der Waals surface area (Å²) >= 11 is 6.44. The van der Waals surface area contributed by atoms with Crippen LogP contribution in [0.15, 0.2) is 9.32 Å². The van der Waals surface area contributed by atoms with E-state index < -0.39 is 0 Å². The molecule has 0 aromatic carbocycles. The van der Waals surface area contributed by atoms with Crippen LogP contribution >= 0.6 is 24.0 Å². The van der Waals surface area contributed by atoms with Gasteiger partial charge in [0.1, 0.15) is 10.4 Å². The highest BCUT2D eigenvalue weighted by Gasteiger charge is 2.33. The number of thioether (sulfide) groups is 1. The summed E-state index contributed by atoms with van der Waals surface area (Å²) in [6.07, 6.45) is 1.57. The molecule has 0 aliphatic carbocycles. The summed E-state index contributed by atoms with van der Waals surface area (Å²) < 4.78 is 17.0. The van der Waals surface area contributed by atoms with Crippen molar-refractivity contribution in [2.24, 2.45) is 0 Å². The fraction of sp³-hybridized carbons (Fsp3) is 0.529. The van der Waals surface area contributed by atoms with Crippen LogP contribution in [0.25, 0.3) is 6.08 Å². The van der Waals surface area contributed by atoms with Crippen molar-refractivity contribution < 1.29 is 18.7 Å². The number of rotatable bonds is 5. The highest BCUT2D eigenvalue weighted by Crippen LogP contribution is 2.33. The minimum absolute atomic E-state index is 0.0193. The highest BCUT2D eigenvalue weighted by atomic mass is 32.2. The fourth-order valence-electron chi connectivity index (χ4n) is 3.01. The zero-order valence-electron chi connectivity index (χ0n) is 15.3. The molecule has 10 heteroatoms. The van der Waals surface area contributed by atoms with Gasteiger partial charge in [0.2, 0.25) is 17.5 Å². The van der Waals surface area contributed by atoms with Crippen molar-refractivity contribution >= 4 is 46.2 Å². The van der Waals surface area contributed by atoms with Crippen LogP contribution in [0.2, 0.25) is 0 Å². The van der Waals surface area contributed by atoms with Crippen LogP contribution in [0.1, 0.15) is 25.4 Å². The lowest BCUT2D eigenvalue weighted by Gasteiger charge is -2.34. The average molecular weight is 409 g/mol. The molecule has 0 N–H and O–H groups in total. The second-order valence-electron chi connectivity index (χ2n) is 6.31. The van der Waals surface area contributed by atoms with Gasteiger partial charge >= 0.3 is 0 Å². The molecule has 2 saturated heterocycles. The molecule has 0 bridgehead atoms. The van der Waals surface area contributed by atoms with Gasteiger partial charge in [-0.3, -0.25) is 9.69 Å². The Morgan fingerprint density at radius 2 is 2.15 bits per heavy atom. The smallest absolute Gasteiger partial charge is 0.266 e. The number of morpholine rings is 1. The van der Waals surface area contributed by atoms with Crippen LogP contribution in [0.3, 0.4) is 0 Å². The number of nitriles is 1. The van der Waals surface area contributed by atoms with Crippen LogP contribution in [-0.4, -0.2) is 65.7 Å². The average Bonchev–Trinajstić information content (AvgIpc) is 3.14. The zero-order chi connectivity index (χ0) is 19.6. The number of carbonyl (C=O) groups excluding carboxylic acids is 1. The number of aromatic nitrogens is 1. The van der Waals surface area contributed by atoms with Crippen molar-refractivity contribution in [3.63, 3.8) is 0 Å². The van der Waals surface area contributed by atoms with Gasteiger partial charge in [-0.2, -0.15) is 10.2 Å². The number of hydrogen-bond donors (Lipinski definition) is 0. The summed E-state index contributed by atoms with van der Waals surface area (Å²) in [4.78, 5) is 20.6. The molecule has 1 aromatic rings. The number of thiocarbonyl (C=S) groups is 1. The number of methoxy groups -OCH3 is 1. The second kappa shape index (κ2) is 8.39. The molecule has 2 atom stereocenters. The van der Waals surface area contributed by atoms with Gasteiger partial charge in [-0.05, 0) is 13.8 Å². The number of anilines is 1. The van der Waals surface area contributed by atoms with Crippen LogP contribution < -0.4 is 4.90 Å². The molecule has 27 heavy (non-hydrogen) atoms. The molecule has 2 aliphatic rings. The Morgan fingerprint density at radius 1 is 1.44 bits per heavy atom. The van der Waals surface area contributed by atoms with E-state index >= 15 is 0 Å². The van der Waals surface area contributed by atoms with E-state index in [0.717, 1.165) is 0 Å². The Kier molecular flexibility index (Phi) is 6.16. The van der Waals surface area contributed by atoms with E-state index in [9.17, 15) is 10.1 Å². The Balaban J connectivity index is 1.83. The second-order valence-corrected chi connectivity index (χ2v) is 7.98. The Labute approximate surface area is 167 Å². The first kappa shape index (κ1) is 19.8. The van der Waals surface area contributed by atoms with Crippen molar-refractivity contribution in [2.45, 2.75) is 26.1 Å². The Bertz CT molecular complexity index is 806. The zero-order valence-corrected chi connectivity index (χ0v) is 16.9. The van der Waals surface area contributed by atoms with Crippen molar-refractivity contribution in [1.82, 2.24) is 9.88 Å².